The van der Waals surface area contributed by atoms with E-state index in [4.69, 9.17) is 4.74 Å². The van der Waals surface area contributed by atoms with Crippen LogP contribution in [0.15, 0.2) is 54.6 Å². The third-order valence-corrected chi connectivity index (χ3v) is 4.39. The summed E-state index contributed by atoms with van der Waals surface area (Å²) in [4.78, 5) is 23.8. The SMILES string of the molecule is C[C@@H](CNC(=O)COc1cccc(NC(=O)C2CC2)c1)c1ccccc1. The summed E-state index contributed by atoms with van der Waals surface area (Å²) in [5.41, 5.74) is 1.88. The Kier molecular flexibility index (Phi) is 5.89. The number of anilines is 1. The zero-order valence-corrected chi connectivity index (χ0v) is 14.9. The maximum Gasteiger partial charge on any atom is 0.257 e. The molecule has 0 radical (unpaired) electrons. The lowest BCUT2D eigenvalue weighted by molar-refractivity contribution is -0.123. The Hall–Kier alpha value is -2.82. The normalized spacial score (nSPS) is 14.3. The average Bonchev–Trinajstić information content (AvgIpc) is 3.51. The Bertz CT molecular complexity index is 757. The van der Waals surface area contributed by atoms with Gasteiger partial charge in [0.2, 0.25) is 5.91 Å². The number of benzene rings is 2. The van der Waals surface area contributed by atoms with E-state index < -0.39 is 0 Å². The van der Waals surface area contributed by atoms with Crippen molar-refractivity contribution in [1.29, 1.82) is 0 Å². The third-order valence-electron chi connectivity index (χ3n) is 4.39. The molecule has 1 fully saturated rings. The molecule has 0 spiro atoms. The smallest absolute Gasteiger partial charge is 0.257 e. The molecule has 2 aromatic rings. The molecule has 0 aromatic heterocycles. The van der Waals surface area contributed by atoms with Crippen LogP contribution in [0.4, 0.5) is 5.69 Å². The molecular formula is C21H24N2O3. The molecule has 1 atom stereocenters. The van der Waals surface area contributed by atoms with E-state index in [9.17, 15) is 9.59 Å². The number of carbonyl (C=O) groups excluding carboxylic acids is 2. The highest BCUT2D eigenvalue weighted by Crippen LogP contribution is 2.30. The summed E-state index contributed by atoms with van der Waals surface area (Å²) < 4.78 is 5.54. The van der Waals surface area contributed by atoms with E-state index in [0.717, 1.165) is 12.8 Å². The fraction of sp³-hybridized carbons (Fsp3) is 0.333. The van der Waals surface area contributed by atoms with Gasteiger partial charge in [-0.2, -0.15) is 0 Å². The maximum absolute atomic E-state index is 12.0. The van der Waals surface area contributed by atoms with Gasteiger partial charge < -0.3 is 15.4 Å². The molecule has 2 aromatic carbocycles. The van der Waals surface area contributed by atoms with Crippen LogP contribution in [0.5, 0.6) is 5.75 Å². The topological polar surface area (TPSA) is 67.4 Å². The van der Waals surface area contributed by atoms with Gasteiger partial charge in [-0.05, 0) is 36.5 Å². The minimum atomic E-state index is -0.166. The highest BCUT2D eigenvalue weighted by Gasteiger charge is 2.29. The van der Waals surface area contributed by atoms with Crippen molar-refractivity contribution in [1.82, 2.24) is 5.32 Å². The molecule has 1 aliphatic rings. The number of ether oxygens (including phenoxy) is 1. The van der Waals surface area contributed by atoms with Gasteiger partial charge in [0, 0.05) is 24.2 Å². The van der Waals surface area contributed by atoms with Gasteiger partial charge in [-0.25, -0.2) is 0 Å². The highest BCUT2D eigenvalue weighted by atomic mass is 16.5. The Morgan fingerprint density at radius 1 is 1.12 bits per heavy atom. The second kappa shape index (κ2) is 8.52. The number of hydrogen-bond acceptors (Lipinski definition) is 3. The molecule has 1 saturated carbocycles. The third kappa shape index (κ3) is 5.34. The van der Waals surface area contributed by atoms with Crippen molar-refractivity contribution in [3.8, 4) is 5.75 Å². The van der Waals surface area contributed by atoms with Gasteiger partial charge in [0.25, 0.3) is 5.91 Å². The molecular weight excluding hydrogens is 328 g/mol. The van der Waals surface area contributed by atoms with Crippen LogP contribution in [0.3, 0.4) is 0 Å². The lowest BCUT2D eigenvalue weighted by Crippen LogP contribution is -2.31. The van der Waals surface area contributed by atoms with Crippen molar-refractivity contribution in [2.24, 2.45) is 5.92 Å². The Morgan fingerprint density at radius 3 is 2.62 bits per heavy atom. The minimum absolute atomic E-state index is 0.0507. The maximum atomic E-state index is 12.0. The summed E-state index contributed by atoms with van der Waals surface area (Å²) in [5.74, 6) is 0.831. The standard InChI is InChI=1S/C21H24N2O3/c1-15(16-6-3-2-4-7-16)13-22-20(24)14-26-19-9-5-8-18(12-19)23-21(25)17-10-11-17/h2-9,12,15,17H,10-11,13-14H2,1H3,(H,22,24)(H,23,25)/t15-/m0/s1. The van der Waals surface area contributed by atoms with Gasteiger partial charge in [-0.1, -0.05) is 43.3 Å². The van der Waals surface area contributed by atoms with Crippen molar-refractivity contribution in [3.63, 3.8) is 0 Å². The van der Waals surface area contributed by atoms with Gasteiger partial charge in [0.05, 0.1) is 0 Å². The molecule has 136 valence electrons. The van der Waals surface area contributed by atoms with Crippen LogP contribution in [0.1, 0.15) is 31.2 Å². The first-order chi connectivity index (χ1) is 12.6. The number of rotatable bonds is 8. The van der Waals surface area contributed by atoms with E-state index in [2.05, 4.69) is 29.7 Å². The highest BCUT2D eigenvalue weighted by molar-refractivity contribution is 5.94. The predicted molar refractivity (Wildman–Crippen MR) is 101 cm³/mol. The van der Waals surface area contributed by atoms with Crippen molar-refractivity contribution >= 4 is 17.5 Å². The molecule has 5 heteroatoms. The van der Waals surface area contributed by atoms with E-state index in [1.165, 1.54) is 5.56 Å². The van der Waals surface area contributed by atoms with Gasteiger partial charge in [-0.3, -0.25) is 9.59 Å². The van der Waals surface area contributed by atoms with Crippen LogP contribution in [-0.2, 0) is 9.59 Å². The van der Waals surface area contributed by atoms with Crippen LogP contribution in [0.2, 0.25) is 0 Å². The Labute approximate surface area is 153 Å². The molecule has 2 amide bonds. The number of amides is 2. The summed E-state index contributed by atoms with van der Waals surface area (Å²) in [5, 5.41) is 5.76. The predicted octanol–water partition coefficient (Wildman–Crippen LogP) is 3.33. The Morgan fingerprint density at radius 2 is 1.88 bits per heavy atom. The number of carbonyl (C=O) groups is 2. The zero-order chi connectivity index (χ0) is 18.4. The van der Waals surface area contributed by atoms with Crippen molar-refractivity contribution in [3.05, 3.63) is 60.2 Å². The van der Waals surface area contributed by atoms with Gasteiger partial charge in [0.1, 0.15) is 5.75 Å². The number of hydrogen-bond donors (Lipinski definition) is 2. The molecule has 3 rings (SSSR count). The summed E-state index contributed by atoms with van der Waals surface area (Å²) >= 11 is 0. The molecule has 0 bridgehead atoms. The van der Waals surface area contributed by atoms with Crippen LogP contribution >= 0.6 is 0 Å². The first kappa shape index (κ1) is 18.0. The first-order valence-corrected chi connectivity index (χ1v) is 8.97. The largest absolute Gasteiger partial charge is 0.484 e. The van der Waals surface area contributed by atoms with E-state index in [-0.39, 0.29) is 30.3 Å². The summed E-state index contributed by atoms with van der Waals surface area (Å²) in [6.07, 6.45) is 1.92. The molecule has 0 heterocycles. The monoisotopic (exact) mass is 352 g/mol. The molecule has 5 nitrogen and oxygen atoms in total. The van der Waals surface area contributed by atoms with E-state index in [1.807, 2.05) is 24.3 Å². The second-order valence-corrected chi connectivity index (χ2v) is 6.70. The molecule has 0 saturated heterocycles. The van der Waals surface area contributed by atoms with Crippen LogP contribution in [-0.4, -0.2) is 25.0 Å². The lowest BCUT2D eigenvalue weighted by Gasteiger charge is -2.13. The molecule has 2 N–H and O–H groups in total. The van der Waals surface area contributed by atoms with Gasteiger partial charge >= 0.3 is 0 Å². The van der Waals surface area contributed by atoms with Crippen LogP contribution in [0, 0.1) is 5.92 Å². The fourth-order valence-corrected chi connectivity index (χ4v) is 2.62. The van der Waals surface area contributed by atoms with Crippen LogP contribution in [0.25, 0.3) is 0 Å². The van der Waals surface area contributed by atoms with Gasteiger partial charge in [-0.15, -0.1) is 0 Å². The number of nitrogens with one attached hydrogen (secondary N) is 2. The van der Waals surface area contributed by atoms with E-state index in [0.29, 0.717) is 18.0 Å². The quantitative estimate of drug-likeness (QED) is 0.766. The average molecular weight is 352 g/mol. The molecule has 26 heavy (non-hydrogen) atoms. The summed E-state index contributed by atoms with van der Waals surface area (Å²) in [6.45, 7) is 2.58. The van der Waals surface area contributed by atoms with Crippen LogP contribution < -0.4 is 15.4 Å². The first-order valence-electron chi connectivity index (χ1n) is 8.97. The van der Waals surface area contributed by atoms with E-state index >= 15 is 0 Å². The Balaban J connectivity index is 1.43. The molecule has 0 aliphatic heterocycles. The molecule has 1 aliphatic carbocycles. The fourth-order valence-electron chi connectivity index (χ4n) is 2.62. The zero-order valence-electron chi connectivity index (χ0n) is 14.9. The van der Waals surface area contributed by atoms with Crippen molar-refractivity contribution < 1.29 is 14.3 Å². The van der Waals surface area contributed by atoms with Gasteiger partial charge in [0.15, 0.2) is 6.61 Å². The summed E-state index contributed by atoms with van der Waals surface area (Å²) in [6, 6.07) is 17.2. The molecule has 0 unspecified atom stereocenters. The lowest BCUT2D eigenvalue weighted by atomic mass is 10.0. The summed E-state index contributed by atoms with van der Waals surface area (Å²) in [7, 11) is 0. The van der Waals surface area contributed by atoms with E-state index in [1.54, 1.807) is 18.2 Å². The van der Waals surface area contributed by atoms with Crippen molar-refractivity contribution in [2.75, 3.05) is 18.5 Å². The van der Waals surface area contributed by atoms with Crippen molar-refractivity contribution in [2.45, 2.75) is 25.7 Å². The minimum Gasteiger partial charge on any atom is -0.484 e. The second-order valence-electron chi connectivity index (χ2n) is 6.70.